The normalized spacial score (nSPS) is 24.8. The summed E-state index contributed by atoms with van der Waals surface area (Å²) >= 11 is 12.8. The molecule has 2 aromatic carbocycles. The maximum Gasteiger partial charge on any atom is 0.226 e. The molecule has 0 spiro atoms. The zero-order chi connectivity index (χ0) is 29.1. The summed E-state index contributed by atoms with van der Waals surface area (Å²) in [4.78, 5) is 21.1. The van der Waals surface area contributed by atoms with Crippen LogP contribution in [0.5, 0.6) is 5.88 Å². The lowest BCUT2D eigenvalue weighted by molar-refractivity contribution is -0.147. The fourth-order valence-corrected chi connectivity index (χ4v) is 8.19. The van der Waals surface area contributed by atoms with E-state index in [-0.39, 0.29) is 35.6 Å². The van der Waals surface area contributed by atoms with Crippen molar-refractivity contribution >= 4 is 38.9 Å². The Morgan fingerprint density at radius 1 is 1.05 bits per heavy atom. The van der Waals surface area contributed by atoms with Crippen LogP contribution in [-0.2, 0) is 21.1 Å². The van der Waals surface area contributed by atoms with Crippen molar-refractivity contribution in [3.63, 3.8) is 0 Å². The van der Waals surface area contributed by atoms with E-state index in [1.54, 1.807) is 13.2 Å². The van der Waals surface area contributed by atoms with Crippen molar-refractivity contribution in [1.82, 2.24) is 15.2 Å². The molecule has 218 valence electrons. The van der Waals surface area contributed by atoms with Gasteiger partial charge in [-0.15, -0.1) is 0 Å². The Morgan fingerprint density at radius 3 is 2.46 bits per heavy atom. The molecular weight excluding hydrogens is 581 g/mol. The Hall–Kier alpha value is -2.65. The van der Waals surface area contributed by atoms with E-state index in [1.165, 1.54) is 0 Å². The number of aromatic nitrogens is 1. The van der Waals surface area contributed by atoms with Crippen LogP contribution in [0.4, 0.5) is 0 Å². The summed E-state index contributed by atoms with van der Waals surface area (Å²) in [7, 11) is -1.71. The van der Waals surface area contributed by atoms with E-state index >= 15 is 0 Å². The van der Waals surface area contributed by atoms with Crippen LogP contribution in [0, 0.1) is 5.92 Å². The summed E-state index contributed by atoms with van der Waals surface area (Å²) in [5, 5.41) is 3.71. The molecular formula is C31H35Cl2N3O4S. The number of rotatable bonds is 9. The van der Waals surface area contributed by atoms with Gasteiger partial charge in [0.1, 0.15) is 5.37 Å². The van der Waals surface area contributed by atoms with Crippen molar-refractivity contribution < 1.29 is 17.9 Å². The zero-order valence-electron chi connectivity index (χ0n) is 23.2. The predicted octanol–water partition coefficient (Wildman–Crippen LogP) is 5.83. The Morgan fingerprint density at radius 2 is 1.80 bits per heavy atom. The molecule has 3 aromatic rings. The number of amides is 1. The molecule has 3 heterocycles. The molecule has 1 unspecified atom stereocenters. The third-order valence-corrected chi connectivity index (χ3v) is 10.8. The average molecular weight is 617 g/mol. The van der Waals surface area contributed by atoms with E-state index < -0.39 is 15.2 Å². The quantitative estimate of drug-likeness (QED) is 0.326. The van der Waals surface area contributed by atoms with E-state index in [2.05, 4.69) is 16.4 Å². The monoisotopic (exact) mass is 615 g/mol. The Bertz CT molecular complexity index is 1480. The summed E-state index contributed by atoms with van der Waals surface area (Å²) in [6.07, 6.45) is 1.95. The van der Waals surface area contributed by atoms with Crippen LogP contribution in [0.2, 0.25) is 10.0 Å². The molecule has 1 aromatic heterocycles. The van der Waals surface area contributed by atoms with E-state index in [0.29, 0.717) is 48.2 Å². The summed E-state index contributed by atoms with van der Waals surface area (Å²) in [5.41, 5.74) is 2.75. The maximum absolute atomic E-state index is 14.6. The van der Waals surface area contributed by atoms with Gasteiger partial charge in [0.25, 0.3) is 0 Å². The number of likely N-dealkylation sites (tertiary alicyclic amines) is 1. The number of nitrogens with zero attached hydrogens (tertiary/aromatic N) is 2. The molecule has 2 saturated heterocycles. The number of hydrogen-bond acceptors (Lipinski definition) is 6. The molecule has 5 rings (SSSR count). The number of pyridine rings is 1. The lowest BCUT2D eigenvalue weighted by Gasteiger charge is -2.49. The smallest absolute Gasteiger partial charge is 0.226 e. The highest BCUT2D eigenvalue weighted by Crippen LogP contribution is 2.48. The molecule has 1 amide bonds. The summed E-state index contributed by atoms with van der Waals surface area (Å²) < 4.78 is 31.0. The molecule has 0 saturated carbocycles. The number of carbonyl (C=O) groups is 1. The van der Waals surface area contributed by atoms with Crippen LogP contribution in [-0.4, -0.2) is 55.0 Å². The number of piperidine rings is 1. The molecule has 2 fully saturated rings. The van der Waals surface area contributed by atoms with E-state index in [0.717, 1.165) is 16.8 Å². The van der Waals surface area contributed by atoms with Crippen LogP contribution in [0.1, 0.15) is 55.0 Å². The highest BCUT2D eigenvalue weighted by Gasteiger charge is 2.47. The second-order valence-electron chi connectivity index (χ2n) is 10.8. The van der Waals surface area contributed by atoms with Crippen molar-refractivity contribution in [3.8, 4) is 5.88 Å². The number of methoxy groups -OCH3 is 1. The Labute approximate surface area is 252 Å². The Balaban J connectivity index is 1.61. The van der Waals surface area contributed by atoms with Gasteiger partial charge in [-0.2, -0.15) is 0 Å². The lowest BCUT2D eigenvalue weighted by Crippen LogP contribution is -2.53. The van der Waals surface area contributed by atoms with Crippen molar-refractivity contribution in [2.75, 3.05) is 19.4 Å². The van der Waals surface area contributed by atoms with Gasteiger partial charge in [-0.3, -0.25) is 4.79 Å². The van der Waals surface area contributed by atoms with Gasteiger partial charge in [0.15, 0.2) is 9.84 Å². The highest BCUT2D eigenvalue weighted by atomic mass is 35.5. The second-order valence-corrected chi connectivity index (χ2v) is 14.0. The molecule has 2 aliphatic rings. The molecule has 1 N–H and O–H groups in total. The van der Waals surface area contributed by atoms with Crippen LogP contribution in [0.3, 0.4) is 0 Å². The first kappa shape index (κ1) is 29.8. The minimum atomic E-state index is -3.29. The first-order chi connectivity index (χ1) is 19.7. The van der Waals surface area contributed by atoms with Gasteiger partial charge in [0.05, 0.1) is 18.9 Å². The molecule has 41 heavy (non-hydrogen) atoms. The Kier molecular flexibility index (Phi) is 9.24. The highest BCUT2D eigenvalue weighted by molar-refractivity contribution is 7.92. The molecule has 10 heteroatoms. The van der Waals surface area contributed by atoms with Crippen molar-refractivity contribution in [1.29, 1.82) is 0 Å². The fraction of sp³-hybridized carbons (Fsp3) is 0.419. The molecule has 0 radical (unpaired) electrons. The number of hydrogen-bond donors (Lipinski definition) is 1. The van der Waals surface area contributed by atoms with Crippen LogP contribution in [0.25, 0.3) is 0 Å². The standard InChI is InChI=1S/C31H35Cl2N3O4S/c1-3-26(19-29-34-14-15-41(29,38)39)36-30(20-10-12-23(32)13-11-20)27(21-6-4-7-24(33)16-21)18-22(31(36)37)17-25-8-5-9-28(35-25)40-2/h4-13,16,22,26-27,29-30,34H,3,14-15,17-19H2,1-2H3/t22-,26-,27+,29?,30+/m0/s1. The molecule has 5 atom stereocenters. The first-order valence-corrected chi connectivity index (χ1v) is 16.4. The minimum Gasteiger partial charge on any atom is -0.481 e. The number of ether oxygens (including phenoxy) is 1. The van der Waals surface area contributed by atoms with Crippen molar-refractivity contribution in [2.24, 2.45) is 5.92 Å². The lowest BCUT2D eigenvalue weighted by atomic mass is 9.73. The number of nitrogens with one attached hydrogen (secondary N) is 1. The van der Waals surface area contributed by atoms with Gasteiger partial charge in [0, 0.05) is 52.6 Å². The summed E-state index contributed by atoms with van der Waals surface area (Å²) in [6, 6.07) is 20.3. The second kappa shape index (κ2) is 12.7. The summed E-state index contributed by atoms with van der Waals surface area (Å²) in [6.45, 7) is 2.44. The maximum atomic E-state index is 14.6. The molecule has 2 aliphatic heterocycles. The first-order valence-electron chi connectivity index (χ1n) is 14.0. The largest absolute Gasteiger partial charge is 0.481 e. The number of halogens is 2. The van der Waals surface area contributed by atoms with Gasteiger partial charge < -0.3 is 15.0 Å². The van der Waals surface area contributed by atoms with Crippen molar-refractivity contribution in [3.05, 3.63) is 93.6 Å². The third-order valence-electron chi connectivity index (χ3n) is 8.30. The fourth-order valence-electron chi connectivity index (χ4n) is 6.29. The van der Waals surface area contributed by atoms with Gasteiger partial charge in [0.2, 0.25) is 11.8 Å². The molecule has 0 bridgehead atoms. The molecule has 0 aliphatic carbocycles. The SMILES string of the molecule is CC[C@@H](CC1NCCS1(=O)=O)N1C(=O)[C@@H](Cc2cccc(OC)n2)C[C@H](c2cccc(Cl)c2)[C@H]1c1ccc(Cl)cc1. The van der Waals surface area contributed by atoms with Gasteiger partial charge in [-0.05, 0) is 60.7 Å². The molecule has 7 nitrogen and oxygen atoms in total. The van der Waals surface area contributed by atoms with Crippen LogP contribution < -0.4 is 10.1 Å². The zero-order valence-corrected chi connectivity index (χ0v) is 25.5. The topological polar surface area (TPSA) is 88.6 Å². The summed E-state index contributed by atoms with van der Waals surface area (Å²) in [5.74, 6) is 0.139. The number of carbonyl (C=O) groups excluding carboxylic acids is 1. The van der Waals surface area contributed by atoms with E-state index in [4.69, 9.17) is 27.9 Å². The minimum absolute atomic E-state index is 0.00454. The van der Waals surface area contributed by atoms with Crippen molar-refractivity contribution in [2.45, 2.75) is 56.0 Å². The third kappa shape index (κ3) is 6.56. The van der Waals surface area contributed by atoms with Gasteiger partial charge in [-0.25, -0.2) is 13.4 Å². The van der Waals surface area contributed by atoms with Gasteiger partial charge in [-0.1, -0.05) is 60.5 Å². The van der Waals surface area contributed by atoms with Crippen LogP contribution in [0.15, 0.2) is 66.7 Å². The average Bonchev–Trinajstić information content (AvgIpc) is 3.30. The van der Waals surface area contributed by atoms with E-state index in [9.17, 15) is 13.2 Å². The number of sulfone groups is 1. The predicted molar refractivity (Wildman–Crippen MR) is 162 cm³/mol. The van der Waals surface area contributed by atoms with Crippen LogP contribution >= 0.6 is 23.2 Å². The van der Waals surface area contributed by atoms with E-state index in [1.807, 2.05) is 66.4 Å². The van der Waals surface area contributed by atoms with Gasteiger partial charge >= 0.3 is 0 Å². The number of benzene rings is 2.